The first-order valence-electron chi connectivity index (χ1n) is 8.85. The molecule has 2 aromatic carbocycles. The average Bonchev–Trinajstić information content (AvgIpc) is 2.81. The highest BCUT2D eigenvalue weighted by Crippen LogP contribution is 2.47. The van der Waals surface area contributed by atoms with E-state index in [9.17, 15) is 22.8 Å². The van der Waals surface area contributed by atoms with Gasteiger partial charge in [-0.3, -0.25) is 9.59 Å². The normalized spacial score (nSPS) is 21.6. The standard InChI is InChI=1S/C21H20F3NO4/c1-20(19(27)29-3)15(14-6-4-5-7-17(14)28-2)11-12-10-13(21(22,23)24)8-9-16(12)25-18(20)26/h4-10,15H,11H2,1-3H3,(H,25,26). The monoisotopic (exact) mass is 407 g/mol. The predicted octanol–water partition coefficient (Wildman–Crippen LogP) is 4.17. The molecule has 0 saturated carbocycles. The molecule has 1 N–H and O–H groups in total. The van der Waals surface area contributed by atoms with E-state index in [1.165, 1.54) is 27.2 Å². The maximum absolute atomic E-state index is 13.2. The molecule has 0 fully saturated rings. The highest BCUT2D eigenvalue weighted by Gasteiger charge is 2.52. The maximum Gasteiger partial charge on any atom is 0.416 e. The van der Waals surface area contributed by atoms with Crippen LogP contribution < -0.4 is 10.1 Å². The molecule has 1 aliphatic rings. The number of carbonyl (C=O) groups is 2. The van der Waals surface area contributed by atoms with Crippen molar-refractivity contribution >= 4 is 17.6 Å². The summed E-state index contributed by atoms with van der Waals surface area (Å²) in [5.74, 6) is -1.82. The summed E-state index contributed by atoms with van der Waals surface area (Å²) in [6, 6.07) is 9.91. The lowest BCUT2D eigenvalue weighted by atomic mass is 9.70. The number of methoxy groups -OCH3 is 2. The van der Waals surface area contributed by atoms with Gasteiger partial charge in [0.2, 0.25) is 5.91 Å². The fraction of sp³-hybridized carbons (Fsp3) is 0.333. The van der Waals surface area contributed by atoms with E-state index in [1.807, 2.05) is 0 Å². The minimum absolute atomic E-state index is 0.00394. The molecule has 8 heteroatoms. The number of fused-ring (bicyclic) bond motifs is 1. The third kappa shape index (κ3) is 3.54. The Kier molecular flexibility index (Phi) is 5.30. The Morgan fingerprint density at radius 3 is 2.48 bits per heavy atom. The molecule has 0 radical (unpaired) electrons. The summed E-state index contributed by atoms with van der Waals surface area (Å²) in [6.45, 7) is 1.43. The summed E-state index contributed by atoms with van der Waals surface area (Å²) in [7, 11) is 2.61. The van der Waals surface area contributed by atoms with E-state index in [0.29, 0.717) is 11.3 Å². The number of para-hydroxylation sites is 1. The first kappa shape index (κ1) is 20.7. The van der Waals surface area contributed by atoms with Crippen molar-refractivity contribution in [3.63, 3.8) is 0 Å². The summed E-state index contributed by atoms with van der Waals surface area (Å²) in [4.78, 5) is 25.8. The number of hydrogen-bond donors (Lipinski definition) is 1. The molecule has 29 heavy (non-hydrogen) atoms. The third-order valence-corrected chi connectivity index (χ3v) is 5.40. The van der Waals surface area contributed by atoms with Gasteiger partial charge in [-0.2, -0.15) is 13.2 Å². The largest absolute Gasteiger partial charge is 0.496 e. The minimum Gasteiger partial charge on any atom is -0.496 e. The molecule has 2 atom stereocenters. The molecular formula is C21H20F3NO4. The average molecular weight is 407 g/mol. The van der Waals surface area contributed by atoms with E-state index in [-0.39, 0.29) is 17.7 Å². The fourth-order valence-electron chi connectivity index (χ4n) is 3.72. The molecule has 154 valence electrons. The Morgan fingerprint density at radius 1 is 1.17 bits per heavy atom. The second-order valence-corrected chi connectivity index (χ2v) is 7.02. The van der Waals surface area contributed by atoms with Gasteiger partial charge in [-0.15, -0.1) is 0 Å². The van der Waals surface area contributed by atoms with E-state index < -0.39 is 34.9 Å². The lowest BCUT2D eigenvalue weighted by Crippen LogP contribution is -2.45. The number of hydrogen-bond acceptors (Lipinski definition) is 4. The zero-order valence-corrected chi connectivity index (χ0v) is 16.1. The number of ether oxygens (including phenoxy) is 2. The van der Waals surface area contributed by atoms with Crippen LogP contribution in [0, 0.1) is 5.41 Å². The van der Waals surface area contributed by atoms with E-state index in [4.69, 9.17) is 9.47 Å². The number of halogens is 3. The zero-order chi connectivity index (χ0) is 21.4. The lowest BCUT2D eigenvalue weighted by Gasteiger charge is -2.32. The number of alkyl halides is 3. The first-order chi connectivity index (χ1) is 13.6. The van der Waals surface area contributed by atoms with E-state index in [2.05, 4.69) is 5.32 Å². The van der Waals surface area contributed by atoms with Gasteiger partial charge in [0.05, 0.1) is 19.8 Å². The van der Waals surface area contributed by atoms with Gasteiger partial charge in [-0.05, 0) is 48.7 Å². The second kappa shape index (κ2) is 7.42. The molecule has 0 bridgehead atoms. The lowest BCUT2D eigenvalue weighted by molar-refractivity contribution is -0.157. The Balaban J connectivity index is 2.23. The van der Waals surface area contributed by atoms with Crippen molar-refractivity contribution in [2.24, 2.45) is 5.41 Å². The van der Waals surface area contributed by atoms with Crippen LogP contribution in [0.2, 0.25) is 0 Å². The predicted molar refractivity (Wildman–Crippen MR) is 99.6 cm³/mol. The Hall–Kier alpha value is -3.03. The highest BCUT2D eigenvalue weighted by molar-refractivity contribution is 6.10. The van der Waals surface area contributed by atoms with Crippen molar-refractivity contribution in [2.45, 2.75) is 25.4 Å². The molecule has 1 aliphatic heterocycles. The van der Waals surface area contributed by atoms with Crippen LogP contribution in [-0.4, -0.2) is 26.1 Å². The molecule has 0 aliphatic carbocycles. The Bertz CT molecular complexity index is 957. The van der Waals surface area contributed by atoms with Crippen LogP contribution in [0.15, 0.2) is 42.5 Å². The molecular weight excluding hydrogens is 387 g/mol. The van der Waals surface area contributed by atoms with Crippen molar-refractivity contribution in [2.75, 3.05) is 19.5 Å². The van der Waals surface area contributed by atoms with Crippen LogP contribution in [0.5, 0.6) is 5.75 Å². The Morgan fingerprint density at radius 2 is 1.86 bits per heavy atom. The summed E-state index contributed by atoms with van der Waals surface area (Å²) in [6.07, 6.45) is -4.53. The number of benzene rings is 2. The number of amides is 1. The smallest absolute Gasteiger partial charge is 0.416 e. The fourth-order valence-corrected chi connectivity index (χ4v) is 3.72. The third-order valence-electron chi connectivity index (χ3n) is 5.40. The van der Waals surface area contributed by atoms with E-state index >= 15 is 0 Å². The van der Waals surface area contributed by atoms with Crippen molar-refractivity contribution in [3.05, 3.63) is 59.2 Å². The second-order valence-electron chi connectivity index (χ2n) is 7.02. The van der Waals surface area contributed by atoms with Crippen molar-refractivity contribution < 1.29 is 32.2 Å². The van der Waals surface area contributed by atoms with Crippen molar-refractivity contribution in [3.8, 4) is 5.75 Å². The maximum atomic E-state index is 13.2. The van der Waals surface area contributed by atoms with Crippen molar-refractivity contribution in [1.82, 2.24) is 0 Å². The molecule has 2 unspecified atom stereocenters. The molecule has 0 aromatic heterocycles. The summed E-state index contributed by atoms with van der Waals surface area (Å²) < 4.78 is 50.0. The molecule has 5 nitrogen and oxygen atoms in total. The topological polar surface area (TPSA) is 64.6 Å². The number of anilines is 1. The summed E-state index contributed by atoms with van der Waals surface area (Å²) >= 11 is 0. The van der Waals surface area contributed by atoms with Gasteiger partial charge in [0.1, 0.15) is 5.75 Å². The van der Waals surface area contributed by atoms with Gasteiger partial charge < -0.3 is 14.8 Å². The summed E-state index contributed by atoms with van der Waals surface area (Å²) in [5.41, 5.74) is -1.47. The van der Waals surface area contributed by atoms with Crippen molar-refractivity contribution in [1.29, 1.82) is 0 Å². The highest BCUT2D eigenvalue weighted by atomic mass is 19.4. The van der Waals surface area contributed by atoms with Crippen LogP contribution in [-0.2, 0) is 26.9 Å². The van der Waals surface area contributed by atoms with Gasteiger partial charge in [-0.1, -0.05) is 18.2 Å². The van der Waals surface area contributed by atoms with Gasteiger partial charge in [0, 0.05) is 11.6 Å². The SMILES string of the molecule is COC(=O)C1(C)C(=O)Nc2ccc(C(F)(F)F)cc2CC1c1ccccc1OC. The first-order valence-corrected chi connectivity index (χ1v) is 8.85. The van der Waals surface area contributed by atoms with E-state index in [1.54, 1.807) is 24.3 Å². The quantitative estimate of drug-likeness (QED) is 0.613. The molecule has 2 aromatic rings. The number of rotatable bonds is 3. The van der Waals surface area contributed by atoms with Gasteiger partial charge in [0.15, 0.2) is 5.41 Å². The van der Waals surface area contributed by atoms with Crippen LogP contribution >= 0.6 is 0 Å². The molecule has 3 rings (SSSR count). The Labute approximate surface area is 165 Å². The summed E-state index contributed by atoms with van der Waals surface area (Å²) in [5, 5.41) is 2.60. The minimum atomic E-state index is -4.53. The number of nitrogens with one attached hydrogen (secondary N) is 1. The van der Waals surface area contributed by atoms with Crippen LogP contribution in [0.1, 0.15) is 29.5 Å². The number of carbonyl (C=O) groups excluding carboxylic acids is 2. The van der Waals surface area contributed by atoms with E-state index in [0.717, 1.165) is 12.1 Å². The van der Waals surface area contributed by atoms with Gasteiger partial charge in [0.25, 0.3) is 0 Å². The van der Waals surface area contributed by atoms with Gasteiger partial charge in [-0.25, -0.2) is 0 Å². The molecule has 1 heterocycles. The number of esters is 1. The zero-order valence-electron chi connectivity index (χ0n) is 16.1. The molecule has 0 saturated heterocycles. The van der Waals surface area contributed by atoms with Gasteiger partial charge >= 0.3 is 12.1 Å². The molecule has 1 amide bonds. The molecule has 0 spiro atoms. The van der Waals surface area contributed by atoms with Crippen LogP contribution in [0.25, 0.3) is 0 Å². The van der Waals surface area contributed by atoms with Crippen LogP contribution in [0.4, 0.5) is 18.9 Å². The van der Waals surface area contributed by atoms with Crippen LogP contribution in [0.3, 0.4) is 0 Å².